The molecule has 0 aliphatic carbocycles. The largest absolute Gasteiger partial charge is 0.374 e. The molecule has 130 valence electrons. The number of hydrogen-bond donors (Lipinski definition) is 0. The molecule has 2 aliphatic heterocycles. The van der Waals surface area contributed by atoms with Gasteiger partial charge in [0.1, 0.15) is 24.4 Å². The van der Waals surface area contributed by atoms with Crippen LogP contribution in [0.4, 0.5) is 0 Å². The molecule has 1 aromatic rings. The third-order valence-electron chi connectivity index (χ3n) is 4.80. The normalized spacial score (nSPS) is 30.8. The highest BCUT2D eigenvalue weighted by Crippen LogP contribution is 2.42. The summed E-state index contributed by atoms with van der Waals surface area (Å²) in [4.78, 5) is 0. The Morgan fingerprint density at radius 2 is 1.88 bits per heavy atom. The fraction of sp³-hybridized carbons (Fsp3) is 0.550. The van der Waals surface area contributed by atoms with Crippen LogP contribution >= 0.6 is 0 Å². The second-order valence-electron chi connectivity index (χ2n) is 6.29. The van der Waals surface area contributed by atoms with Gasteiger partial charge in [-0.1, -0.05) is 50.8 Å². The van der Waals surface area contributed by atoms with Gasteiger partial charge >= 0.3 is 0 Å². The zero-order valence-corrected chi connectivity index (χ0v) is 14.4. The molecule has 4 heteroatoms. The fourth-order valence-corrected chi connectivity index (χ4v) is 3.39. The standard InChI is InChI=1S/C20H26O4/c1-4-10-16-18-19(24-20(5-2,6-3)23-18)17(22-16)14-21-13-15-11-8-7-9-12-15/h7-12,16-19H,1,5-6,13-14H2,2-3H3/t16-,17+,18-,19+/m0/s1. The summed E-state index contributed by atoms with van der Waals surface area (Å²) in [5.74, 6) is -0.510. The predicted molar refractivity (Wildman–Crippen MR) is 91.5 cm³/mol. The molecule has 1 aromatic carbocycles. The first-order valence-electron chi connectivity index (χ1n) is 8.70. The van der Waals surface area contributed by atoms with Crippen LogP contribution < -0.4 is 0 Å². The van der Waals surface area contributed by atoms with E-state index in [1.807, 2.05) is 24.3 Å². The van der Waals surface area contributed by atoms with Crippen LogP contribution in [0.5, 0.6) is 0 Å². The van der Waals surface area contributed by atoms with Gasteiger partial charge in [-0.15, -0.1) is 5.73 Å². The summed E-state index contributed by atoms with van der Waals surface area (Å²) in [5.41, 5.74) is 3.96. The Labute approximate surface area is 144 Å². The number of ether oxygens (including phenoxy) is 4. The van der Waals surface area contributed by atoms with Crippen LogP contribution in [0.25, 0.3) is 0 Å². The number of hydrogen-bond acceptors (Lipinski definition) is 4. The van der Waals surface area contributed by atoms with Crippen LogP contribution in [0.15, 0.2) is 48.7 Å². The number of benzene rings is 1. The molecule has 0 radical (unpaired) electrons. The molecule has 4 nitrogen and oxygen atoms in total. The van der Waals surface area contributed by atoms with Crippen LogP contribution in [0.3, 0.4) is 0 Å². The van der Waals surface area contributed by atoms with Crippen LogP contribution in [0, 0.1) is 0 Å². The average Bonchev–Trinajstić information content (AvgIpc) is 3.14. The molecule has 0 N–H and O–H groups in total. The maximum Gasteiger partial charge on any atom is 0.169 e. The summed E-state index contributed by atoms with van der Waals surface area (Å²) < 4.78 is 24.4. The first kappa shape index (κ1) is 17.4. The van der Waals surface area contributed by atoms with E-state index in [2.05, 4.69) is 38.3 Å². The molecular weight excluding hydrogens is 304 g/mol. The molecule has 0 bridgehead atoms. The van der Waals surface area contributed by atoms with Crippen molar-refractivity contribution in [1.82, 2.24) is 0 Å². The van der Waals surface area contributed by atoms with E-state index < -0.39 is 5.79 Å². The Morgan fingerprint density at radius 1 is 1.17 bits per heavy atom. The third-order valence-corrected chi connectivity index (χ3v) is 4.80. The van der Waals surface area contributed by atoms with Crippen molar-refractivity contribution in [2.45, 2.75) is 63.5 Å². The lowest BCUT2D eigenvalue weighted by molar-refractivity contribution is -0.212. The summed E-state index contributed by atoms with van der Waals surface area (Å²) in [7, 11) is 0. The molecule has 4 atom stereocenters. The zero-order valence-electron chi connectivity index (χ0n) is 14.4. The summed E-state index contributed by atoms with van der Waals surface area (Å²) in [6.07, 6.45) is 2.89. The van der Waals surface area contributed by atoms with E-state index in [4.69, 9.17) is 18.9 Å². The van der Waals surface area contributed by atoms with Gasteiger partial charge in [-0.25, -0.2) is 0 Å². The SMILES string of the molecule is C=C=C[C@@H]1O[C@H](COCc2ccccc2)[C@H]2OC(CC)(CC)O[C@H]21. The van der Waals surface area contributed by atoms with Crippen molar-refractivity contribution in [2.24, 2.45) is 0 Å². The quantitative estimate of drug-likeness (QED) is 0.716. The molecule has 0 saturated carbocycles. The molecule has 0 unspecified atom stereocenters. The van der Waals surface area contributed by atoms with E-state index in [9.17, 15) is 0 Å². The van der Waals surface area contributed by atoms with Gasteiger partial charge in [0.05, 0.1) is 13.2 Å². The van der Waals surface area contributed by atoms with Crippen LogP contribution in [0.1, 0.15) is 32.3 Å². The molecular formula is C20H26O4. The smallest absolute Gasteiger partial charge is 0.169 e. The maximum atomic E-state index is 6.27. The second-order valence-corrected chi connectivity index (χ2v) is 6.29. The van der Waals surface area contributed by atoms with Crippen LogP contribution in [0.2, 0.25) is 0 Å². The molecule has 0 spiro atoms. The van der Waals surface area contributed by atoms with Crippen molar-refractivity contribution in [3.63, 3.8) is 0 Å². The minimum atomic E-state index is -0.510. The van der Waals surface area contributed by atoms with Gasteiger partial charge in [0, 0.05) is 0 Å². The Bertz CT molecular complexity index is 575. The molecule has 2 fully saturated rings. The van der Waals surface area contributed by atoms with E-state index >= 15 is 0 Å². The van der Waals surface area contributed by atoms with Crippen LogP contribution in [-0.2, 0) is 25.6 Å². The lowest BCUT2D eigenvalue weighted by atomic mass is 10.1. The molecule has 2 heterocycles. The van der Waals surface area contributed by atoms with Crippen LogP contribution in [-0.4, -0.2) is 36.8 Å². The highest BCUT2D eigenvalue weighted by Gasteiger charge is 2.56. The first-order chi connectivity index (χ1) is 11.7. The van der Waals surface area contributed by atoms with Gasteiger partial charge in [-0.05, 0) is 24.5 Å². The Hall–Kier alpha value is -1.42. The molecule has 0 amide bonds. The third kappa shape index (κ3) is 3.49. The number of rotatable bonds is 7. The highest BCUT2D eigenvalue weighted by atomic mass is 16.8. The van der Waals surface area contributed by atoms with E-state index in [0.29, 0.717) is 13.2 Å². The Balaban J connectivity index is 1.64. The fourth-order valence-electron chi connectivity index (χ4n) is 3.39. The average molecular weight is 330 g/mol. The van der Waals surface area contributed by atoms with Gasteiger partial charge < -0.3 is 18.9 Å². The van der Waals surface area contributed by atoms with Crippen molar-refractivity contribution >= 4 is 0 Å². The van der Waals surface area contributed by atoms with Gasteiger partial charge in [-0.2, -0.15) is 0 Å². The minimum Gasteiger partial charge on any atom is -0.374 e. The summed E-state index contributed by atoms with van der Waals surface area (Å²) in [6, 6.07) is 10.1. The Kier molecular flexibility index (Phi) is 5.54. The molecule has 2 aliphatic rings. The molecule has 2 saturated heterocycles. The summed E-state index contributed by atoms with van der Waals surface area (Å²) in [6.45, 7) is 8.87. The molecule has 24 heavy (non-hydrogen) atoms. The van der Waals surface area contributed by atoms with Gasteiger partial charge in [0.25, 0.3) is 0 Å². The van der Waals surface area contributed by atoms with Crippen molar-refractivity contribution in [3.8, 4) is 0 Å². The van der Waals surface area contributed by atoms with E-state index in [-0.39, 0.29) is 24.4 Å². The van der Waals surface area contributed by atoms with Crippen molar-refractivity contribution in [1.29, 1.82) is 0 Å². The summed E-state index contributed by atoms with van der Waals surface area (Å²) >= 11 is 0. The second kappa shape index (κ2) is 7.64. The van der Waals surface area contributed by atoms with Gasteiger partial charge in [0.15, 0.2) is 5.79 Å². The van der Waals surface area contributed by atoms with Gasteiger partial charge in [-0.3, -0.25) is 0 Å². The molecule has 0 aromatic heterocycles. The highest BCUT2D eigenvalue weighted by molar-refractivity contribution is 5.13. The van der Waals surface area contributed by atoms with Crippen molar-refractivity contribution in [2.75, 3.05) is 6.61 Å². The lowest BCUT2D eigenvalue weighted by Crippen LogP contribution is -2.35. The minimum absolute atomic E-state index is 0.115. The van der Waals surface area contributed by atoms with Gasteiger partial charge in [0.2, 0.25) is 0 Å². The monoisotopic (exact) mass is 330 g/mol. The van der Waals surface area contributed by atoms with E-state index in [1.165, 1.54) is 0 Å². The zero-order chi connectivity index (χ0) is 17.0. The van der Waals surface area contributed by atoms with Crippen molar-refractivity contribution in [3.05, 3.63) is 54.3 Å². The lowest BCUT2D eigenvalue weighted by Gasteiger charge is -2.28. The topological polar surface area (TPSA) is 36.9 Å². The Morgan fingerprint density at radius 3 is 2.54 bits per heavy atom. The first-order valence-corrected chi connectivity index (χ1v) is 8.70. The van der Waals surface area contributed by atoms with Crippen molar-refractivity contribution < 1.29 is 18.9 Å². The summed E-state index contributed by atoms with van der Waals surface area (Å²) in [5, 5.41) is 0. The maximum absolute atomic E-state index is 6.27. The molecule has 3 rings (SSSR count). The predicted octanol–water partition coefficient (Wildman–Crippen LogP) is 3.61. The number of fused-ring (bicyclic) bond motifs is 1. The van der Waals surface area contributed by atoms with E-state index in [1.54, 1.807) is 0 Å². The van der Waals surface area contributed by atoms with E-state index in [0.717, 1.165) is 18.4 Å².